The molecule has 0 aliphatic carbocycles. The second-order valence-electron chi connectivity index (χ2n) is 9.49. The summed E-state index contributed by atoms with van der Waals surface area (Å²) in [5, 5.41) is 0. The summed E-state index contributed by atoms with van der Waals surface area (Å²) in [7, 11) is 0. The van der Waals surface area contributed by atoms with Gasteiger partial charge in [-0.3, -0.25) is 0 Å². The fourth-order valence-corrected chi connectivity index (χ4v) is 5.06. The second-order valence-corrected chi connectivity index (χ2v) is 9.49. The summed E-state index contributed by atoms with van der Waals surface area (Å²) >= 11 is 0. The van der Waals surface area contributed by atoms with Gasteiger partial charge in [-0.05, 0) is 65.6 Å². The van der Waals surface area contributed by atoms with Gasteiger partial charge in [-0.15, -0.1) is 0 Å². The Morgan fingerprint density at radius 2 is 1.56 bits per heavy atom. The van der Waals surface area contributed by atoms with Gasteiger partial charge in [-0.2, -0.15) is 0 Å². The summed E-state index contributed by atoms with van der Waals surface area (Å²) in [6.07, 6.45) is 1.85. The maximum atomic E-state index is 6.25. The van der Waals surface area contributed by atoms with Crippen molar-refractivity contribution in [3.05, 3.63) is 71.4 Å². The molecule has 0 fully saturated rings. The van der Waals surface area contributed by atoms with Crippen molar-refractivity contribution in [3.63, 3.8) is 0 Å². The predicted octanol–water partition coefficient (Wildman–Crippen LogP) is 6.50. The first kappa shape index (κ1) is 19.4. The molecule has 0 atom stereocenters. The van der Waals surface area contributed by atoms with Crippen LogP contribution in [0.25, 0.3) is 44.5 Å². The van der Waals surface area contributed by atoms with Gasteiger partial charge in [0.05, 0.1) is 28.5 Å². The van der Waals surface area contributed by atoms with E-state index in [2.05, 4.69) is 71.3 Å². The molecule has 7 rings (SSSR count). The van der Waals surface area contributed by atoms with Crippen LogP contribution in [-0.4, -0.2) is 19.9 Å². The first-order valence-corrected chi connectivity index (χ1v) is 11.7. The van der Waals surface area contributed by atoms with E-state index in [1.165, 1.54) is 22.3 Å². The van der Waals surface area contributed by atoms with Crippen molar-refractivity contribution in [2.45, 2.75) is 39.9 Å². The predicted molar refractivity (Wildman–Crippen MR) is 132 cm³/mol. The van der Waals surface area contributed by atoms with Gasteiger partial charge >= 0.3 is 0 Å². The molecule has 0 radical (unpaired) electrons. The Kier molecular flexibility index (Phi) is 3.98. The minimum absolute atomic E-state index is 0.366. The van der Waals surface area contributed by atoms with Crippen molar-refractivity contribution >= 4 is 11.0 Å². The monoisotopic (exact) mass is 448 g/mol. The average Bonchev–Trinajstić information content (AvgIpc) is 3.48. The van der Waals surface area contributed by atoms with Crippen molar-refractivity contribution in [2.24, 2.45) is 0 Å². The van der Waals surface area contributed by atoms with Gasteiger partial charge in [-0.25, -0.2) is 9.97 Å². The second kappa shape index (κ2) is 6.97. The zero-order valence-corrected chi connectivity index (χ0v) is 19.3. The molecule has 168 valence electrons. The maximum Gasteiger partial charge on any atom is 0.132 e. The van der Waals surface area contributed by atoms with E-state index in [9.17, 15) is 0 Å². The fourth-order valence-electron chi connectivity index (χ4n) is 5.06. The molecule has 0 spiro atoms. The lowest BCUT2D eigenvalue weighted by Crippen LogP contribution is -2.15. The van der Waals surface area contributed by atoms with E-state index in [4.69, 9.17) is 14.5 Å². The number of fused-ring (bicyclic) bond motifs is 1. The largest absolute Gasteiger partial charge is 0.488 e. The van der Waals surface area contributed by atoms with Gasteiger partial charge in [-0.1, -0.05) is 19.9 Å². The van der Waals surface area contributed by atoms with E-state index in [-0.39, 0.29) is 0 Å². The number of hydrogen-bond acceptors (Lipinski definition) is 4. The Bertz CT molecular complexity index is 1560. The molecular formula is C28H24N4O2. The molecular weight excluding hydrogens is 424 g/mol. The highest BCUT2D eigenvalue weighted by Gasteiger charge is 2.30. The number of imidazole rings is 2. The molecule has 6 heteroatoms. The highest BCUT2D eigenvalue weighted by molar-refractivity contribution is 5.90. The topological polar surface area (TPSA) is 75.8 Å². The zero-order chi connectivity index (χ0) is 23.0. The van der Waals surface area contributed by atoms with Crippen LogP contribution in [0.5, 0.6) is 11.5 Å². The van der Waals surface area contributed by atoms with Crippen LogP contribution < -0.4 is 9.47 Å². The third-order valence-corrected chi connectivity index (χ3v) is 6.78. The summed E-state index contributed by atoms with van der Waals surface area (Å²) in [5.74, 6) is 3.99. The van der Waals surface area contributed by atoms with Crippen LogP contribution in [0.1, 0.15) is 42.5 Å². The number of rotatable bonds is 3. The van der Waals surface area contributed by atoms with Crippen LogP contribution in [0.15, 0.2) is 48.7 Å². The lowest BCUT2D eigenvalue weighted by Gasteiger charge is -2.30. The van der Waals surface area contributed by atoms with Gasteiger partial charge in [0.2, 0.25) is 0 Å². The molecule has 0 unspecified atom stereocenters. The number of aryl methyl sites for hydroxylation is 1. The molecule has 34 heavy (non-hydrogen) atoms. The van der Waals surface area contributed by atoms with Crippen LogP contribution >= 0.6 is 0 Å². The van der Waals surface area contributed by atoms with Gasteiger partial charge in [0.25, 0.3) is 0 Å². The molecule has 0 amide bonds. The molecule has 0 saturated heterocycles. The number of aromatic amines is 2. The van der Waals surface area contributed by atoms with Crippen LogP contribution in [0.2, 0.25) is 0 Å². The number of benzene rings is 3. The Balaban J connectivity index is 1.33. The van der Waals surface area contributed by atoms with Gasteiger partial charge in [0.15, 0.2) is 0 Å². The normalized spacial score (nSPS) is 13.6. The molecule has 2 aromatic heterocycles. The highest BCUT2D eigenvalue weighted by atomic mass is 16.5. The third-order valence-electron chi connectivity index (χ3n) is 6.78. The van der Waals surface area contributed by atoms with Gasteiger partial charge in [0, 0.05) is 17.0 Å². The van der Waals surface area contributed by atoms with Crippen molar-refractivity contribution < 1.29 is 9.47 Å². The van der Waals surface area contributed by atoms with Crippen LogP contribution in [-0.2, 0) is 13.2 Å². The molecule has 3 aromatic carbocycles. The van der Waals surface area contributed by atoms with Crippen molar-refractivity contribution in [3.8, 4) is 45.0 Å². The lowest BCUT2D eigenvalue weighted by atomic mass is 9.86. The number of ether oxygens (including phenoxy) is 2. The quantitative estimate of drug-likeness (QED) is 0.330. The molecule has 0 bridgehead atoms. The number of aromatic nitrogens is 4. The van der Waals surface area contributed by atoms with Crippen LogP contribution in [0.3, 0.4) is 0 Å². The van der Waals surface area contributed by atoms with E-state index in [0.29, 0.717) is 19.1 Å². The average molecular weight is 449 g/mol. The van der Waals surface area contributed by atoms with E-state index < -0.39 is 0 Å². The number of hydrogen-bond donors (Lipinski definition) is 2. The zero-order valence-electron chi connectivity index (χ0n) is 19.3. The molecule has 4 heterocycles. The fraction of sp³-hybridized carbons (Fsp3) is 0.214. The summed E-state index contributed by atoms with van der Waals surface area (Å²) < 4.78 is 12.5. The Morgan fingerprint density at radius 3 is 2.21 bits per heavy atom. The Morgan fingerprint density at radius 1 is 0.824 bits per heavy atom. The minimum Gasteiger partial charge on any atom is -0.488 e. The van der Waals surface area contributed by atoms with E-state index in [1.54, 1.807) is 0 Å². The number of nitrogens with one attached hydrogen (secondary N) is 2. The molecule has 2 aliphatic heterocycles. The van der Waals surface area contributed by atoms with Crippen LogP contribution in [0.4, 0.5) is 0 Å². The molecule has 2 N–H and O–H groups in total. The minimum atomic E-state index is 0.366. The third kappa shape index (κ3) is 2.88. The van der Waals surface area contributed by atoms with Gasteiger partial charge < -0.3 is 19.4 Å². The van der Waals surface area contributed by atoms with Crippen molar-refractivity contribution in [1.82, 2.24) is 19.9 Å². The molecule has 6 nitrogen and oxygen atoms in total. The van der Waals surface area contributed by atoms with E-state index >= 15 is 0 Å². The van der Waals surface area contributed by atoms with E-state index in [1.807, 2.05) is 13.1 Å². The van der Waals surface area contributed by atoms with Crippen molar-refractivity contribution in [2.75, 3.05) is 0 Å². The summed E-state index contributed by atoms with van der Waals surface area (Å²) in [4.78, 5) is 15.8. The summed E-state index contributed by atoms with van der Waals surface area (Å²) in [6.45, 7) is 7.33. The SMILES string of the molecule is Cc1ncc(-c2cc3c4c(c2)OCc2cc(-c5ccc6nc(C(C)C)[nH]c6c5)cc(c2-4)CO3)[nH]1. The van der Waals surface area contributed by atoms with E-state index in [0.717, 1.165) is 56.6 Å². The molecule has 5 aromatic rings. The highest BCUT2D eigenvalue weighted by Crippen LogP contribution is 2.51. The summed E-state index contributed by atoms with van der Waals surface area (Å²) in [6, 6.07) is 15.1. The lowest BCUT2D eigenvalue weighted by molar-refractivity contribution is 0.277. The first-order valence-electron chi connectivity index (χ1n) is 11.7. The molecule has 0 saturated carbocycles. The standard InChI is InChI=1S/C28H24N4O2/c1-14(2)28-31-21-5-4-16(8-22(21)32-28)17-6-19-12-33-24-9-18(23-11-29-15(3)30-23)10-25-27(24)26(19)20(7-17)13-34-25/h4-11,14H,12-13H2,1-3H3,(H,29,30)(H,31,32). The van der Waals surface area contributed by atoms with Crippen LogP contribution in [0, 0.1) is 6.92 Å². The maximum absolute atomic E-state index is 6.25. The first-order chi connectivity index (χ1) is 16.5. The number of H-pyrrole nitrogens is 2. The Labute approximate surface area is 197 Å². The Hall–Kier alpha value is -4.06. The molecule has 2 aliphatic rings. The summed E-state index contributed by atoms with van der Waals surface area (Å²) in [5.41, 5.74) is 11.1. The number of nitrogens with zero attached hydrogens (tertiary/aromatic N) is 2. The van der Waals surface area contributed by atoms with Gasteiger partial charge in [0.1, 0.15) is 36.4 Å². The van der Waals surface area contributed by atoms with Crippen molar-refractivity contribution in [1.29, 1.82) is 0 Å². The smallest absolute Gasteiger partial charge is 0.132 e.